The Morgan fingerprint density at radius 3 is 2.05 bits per heavy atom. The van der Waals surface area contributed by atoms with Crippen LogP contribution in [0.15, 0.2) is 102 Å². The zero-order valence-electron chi connectivity index (χ0n) is 21.9. The van der Waals surface area contributed by atoms with Crippen molar-refractivity contribution in [2.75, 3.05) is 0 Å². The second-order valence-corrected chi connectivity index (χ2v) is 11.3. The van der Waals surface area contributed by atoms with E-state index in [2.05, 4.69) is 41.4 Å². The lowest BCUT2D eigenvalue weighted by atomic mass is 9.84. The number of hydrogen-bond acceptors (Lipinski definition) is 3. The maximum atomic E-state index is 14.0. The molecule has 0 unspecified atom stereocenters. The average Bonchev–Trinajstić information content (AvgIpc) is 3.61. The summed E-state index contributed by atoms with van der Waals surface area (Å²) in [6.45, 7) is 0. The lowest BCUT2D eigenvalue weighted by Crippen LogP contribution is -2.46. The Bertz CT molecular complexity index is 2930. The summed E-state index contributed by atoms with van der Waals surface area (Å²) in [5.41, 5.74) is 5.77. The van der Waals surface area contributed by atoms with Crippen molar-refractivity contribution in [2.24, 2.45) is 0 Å². The van der Waals surface area contributed by atoms with Crippen LogP contribution >= 0.6 is 0 Å². The first-order valence-corrected chi connectivity index (χ1v) is 14.0. The fourth-order valence-electron chi connectivity index (χ4n) is 7.76. The van der Waals surface area contributed by atoms with E-state index in [4.69, 9.17) is 4.98 Å². The number of carbonyl (C=O) groups is 1. The molecule has 0 bridgehead atoms. The summed E-state index contributed by atoms with van der Waals surface area (Å²) in [6, 6.07) is 32.4. The van der Waals surface area contributed by atoms with Gasteiger partial charge in [0, 0.05) is 21.5 Å². The van der Waals surface area contributed by atoms with Gasteiger partial charge in [0.05, 0.1) is 22.2 Å². The largest absolute Gasteiger partial charge is 0.347 e. The molecule has 1 aliphatic rings. The van der Waals surface area contributed by atoms with Crippen molar-refractivity contribution in [3.8, 4) is 11.4 Å². The van der Waals surface area contributed by atoms with Gasteiger partial charge in [-0.2, -0.15) is 4.57 Å². The standard InChI is InChI=1S/C36H16N4O2/c41-35-23-15-11-19-20-12-16-24-32-22(34-38-26-6-2-4-8-28(26)40(34)36(24)42)14-10-18(30(20)32)17-9-13-21(31(23)29(17)19)33-37-25-5-1-3-7-27(25)39(33)35/h1-16H/p+1. The minimum absolute atomic E-state index is 0.0285. The van der Waals surface area contributed by atoms with E-state index in [0.29, 0.717) is 16.6 Å². The Labute approximate surface area is 235 Å². The van der Waals surface area contributed by atoms with Gasteiger partial charge in [0.25, 0.3) is 11.4 Å². The highest BCUT2D eigenvalue weighted by molar-refractivity contribution is 6.39. The van der Waals surface area contributed by atoms with Gasteiger partial charge in [-0.15, -0.1) is 0 Å². The summed E-state index contributed by atoms with van der Waals surface area (Å²) < 4.78 is 3.55. The van der Waals surface area contributed by atoms with E-state index in [1.54, 1.807) is 8.97 Å². The van der Waals surface area contributed by atoms with Crippen LogP contribution in [-0.4, -0.2) is 20.3 Å². The Hall–Kier alpha value is -5.88. The molecular formula is C36H17N4O2+. The molecule has 10 aromatic rings. The maximum Gasteiger partial charge on any atom is 0.347 e. The third-order valence-electron chi connectivity index (χ3n) is 9.45. The predicted octanol–water partition coefficient (Wildman–Crippen LogP) is 6.93. The van der Waals surface area contributed by atoms with Crippen LogP contribution in [0.4, 0.5) is 0 Å². The molecule has 0 radical (unpaired) electrons. The number of aromatic amines is 1. The number of para-hydroxylation sites is 4. The summed E-state index contributed by atoms with van der Waals surface area (Å²) >= 11 is 0. The zero-order valence-corrected chi connectivity index (χ0v) is 21.9. The summed E-state index contributed by atoms with van der Waals surface area (Å²) in [4.78, 5) is 36.4. The maximum absolute atomic E-state index is 14.0. The molecular weight excluding hydrogens is 520 g/mol. The molecule has 7 aromatic carbocycles. The van der Waals surface area contributed by atoms with E-state index < -0.39 is 0 Å². The van der Waals surface area contributed by atoms with Gasteiger partial charge in [0.1, 0.15) is 5.65 Å². The molecule has 0 saturated carbocycles. The number of fused-ring (bicyclic) bond motifs is 10. The van der Waals surface area contributed by atoms with Crippen LogP contribution in [0.5, 0.6) is 0 Å². The molecule has 3 aromatic heterocycles. The molecule has 192 valence electrons. The molecule has 0 atom stereocenters. The first-order valence-electron chi connectivity index (χ1n) is 14.0. The van der Waals surface area contributed by atoms with Crippen molar-refractivity contribution in [3.63, 3.8) is 0 Å². The molecule has 0 saturated heterocycles. The van der Waals surface area contributed by atoms with E-state index in [0.717, 1.165) is 81.9 Å². The number of nitrogens with one attached hydrogen (secondary N) is 1. The normalized spacial score (nSPS) is 13.4. The van der Waals surface area contributed by atoms with Gasteiger partial charge < -0.3 is 0 Å². The van der Waals surface area contributed by atoms with Gasteiger partial charge in [-0.3, -0.25) is 9.20 Å². The third kappa shape index (κ3) is 2.14. The molecule has 11 rings (SSSR count). The molecule has 1 N–H and O–H groups in total. The summed E-state index contributed by atoms with van der Waals surface area (Å²) in [5.74, 6) is 0.775. The van der Waals surface area contributed by atoms with Crippen molar-refractivity contribution < 1.29 is 9.36 Å². The highest BCUT2D eigenvalue weighted by Crippen LogP contribution is 2.46. The number of imidazole rings is 2. The SMILES string of the molecule is O=C1c2ccc3c4ccc5c(=O)n6c7ccccc7nc6c6ccc(c7ccc(c2c37)-c2[nH]c3ccccc3[n+]21)c4c56. The smallest absolute Gasteiger partial charge is 0.268 e. The van der Waals surface area contributed by atoms with Gasteiger partial charge in [-0.1, -0.05) is 48.5 Å². The summed E-state index contributed by atoms with van der Waals surface area (Å²) in [5, 5.41) is 10.00. The molecule has 1 aliphatic heterocycles. The van der Waals surface area contributed by atoms with Crippen molar-refractivity contribution in [2.45, 2.75) is 0 Å². The van der Waals surface area contributed by atoms with E-state index in [1.165, 1.54) is 0 Å². The molecule has 6 heteroatoms. The van der Waals surface area contributed by atoms with E-state index >= 15 is 0 Å². The fourth-order valence-corrected chi connectivity index (χ4v) is 7.76. The van der Waals surface area contributed by atoms with Crippen LogP contribution in [0.3, 0.4) is 0 Å². The summed E-state index contributed by atoms with van der Waals surface area (Å²) in [6.07, 6.45) is 0. The van der Waals surface area contributed by atoms with Gasteiger partial charge in [-0.05, 0) is 80.8 Å². The minimum atomic E-state index is -0.0556. The van der Waals surface area contributed by atoms with Gasteiger partial charge in [0.2, 0.25) is 0 Å². The van der Waals surface area contributed by atoms with Gasteiger partial charge >= 0.3 is 5.91 Å². The Morgan fingerprint density at radius 1 is 0.595 bits per heavy atom. The minimum Gasteiger partial charge on any atom is -0.268 e. The zero-order chi connectivity index (χ0) is 27.4. The predicted molar refractivity (Wildman–Crippen MR) is 166 cm³/mol. The quantitative estimate of drug-likeness (QED) is 0.130. The highest BCUT2D eigenvalue weighted by atomic mass is 16.2. The lowest BCUT2D eigenvalue weighted by molar-refractivity contribution is -0.530. The molecule has 0 fully saturated rings. The van der Waals surface area contributed by atoms with Crippen molar-refractivity contribution in [1.82, 2.24) is 14.4 Å². The van der Waals surface area contributed by atoms with Crippen LogP contribution in [-0.2, 0) is 0 Å². The number of nitrogens with zero attached hydrogens (tertiary/aromatic N) is 3. The Balaban J connectivity index is 1.36. The van der Waals surface area contributed by atoms with Crippen molar-refractivity contribution in [1.29, 1.82) is 0 Å². The molecule has 0 amide bonds. The number of hydrogen-bond donors (Lipinski definition) is 1. The number of H-pyrrole nitrogens is 1. The fraction of sp³-hybridized carbons (Fsp3) is 0. The van der Waals surface area contributed by atoms with Gasteiger partial charge in [0.15, 0.2) is 11.0 Å². The van der Waals surface area contributed by atoms with Crippen LogP contribution in [0, 0.1) is 0 Å². The van der Waals surface area contributed by atoms with E-state index in [9.17, 15) is 9.59 Å². The molecule has 0 spiro atoms. The Morgan fingerprint density at radius 2 is 1.21 bits per heavy atom. The second kappa shape index (κ2) is 6.70. The number of rotatable bonds is 0. The molecule has 4 heterocycles. The Kier molecular flexibility index (Phi) is 3.34. The molecule has 42 heavy (non-hydrogen) atoms. The van der Waals surface area contributed by atoms with Crippen LogP contribution in [0.25, 0.3) is 93.0 Å². The lowest BCUT2D eigenvalue weighted by Gasteiger charge is -2.20. The van der Waals surface area contributed by atoms with Crippen LogP contribution in [0.2, 0.25) is 0 Å². The number of benzene rings is 7. The van der Waals surface area contributed by atoms with E-state index in [1.807, 2.05) is 60.7 Å². The molecule has 6 nitrogen and oxygen atoms in total. The van der Waals surface area contributed by atoms with Crippen molar-refractivity contribution >= 4 is 87.5 Å². The van der Waals surface area contributed by atoms with Crippen LogP contribution < -0.4 is 10.1 Å². The summed E-state index contributed by atoms with van der Waals surface area (Å²) in [7, 11) is 0. The first kappa shape index (κ1) is 20.9. The number of pyridine rings is 1. The first-order chi connectivity index (χ1) is 20.7. The average molecular weight is 538 g/mol. The highest BCUT2D eigenvalue weighted by Gasteiger charge is 2.36. The van der Waals surface area contributed by atoms with Gasteiger partial charge in [-0.25, -0.2) is 14.8 Å². The number of aromatic nitrogens is 4. The van der Waals surface area contributed by atoms with Crippen LogP contribution in [0.1, 0.15) is 10.4 Å². The van der Waals surface area contributed by atoms with E-state index in [-0.39, 0.29) is 11.5 Å². The second-order valence-electron chi connectivity index (χ2n) is 11.3. The number of carbonyl (C=O) groups excluding carboxylic acids is 1. The van der Waals surface area contributed by atoms with Crippen molar-refractivity contribution in [3.05, 3.63) is 113 Å². The third-order valence-corrected chi connectivity index (χ3v) is 9.45. The topological polar surface area (TPSA) is 71.1 Å². The monoisotopic (exact) mass is 537 g/mol. The molecule has 0 aliphatic carbocycles.